The van der Waals surface area contributed by atoms with Gasteiger partial charge >= 0.3 is 0 Å². The van der Waals surface area contributed by atoms with Crippen LogP contribution >= 0.6 is 0 Å². The molecule has 0 aliphatic carbocycles. The van der Waals surface area contributed by atoms with Crippen LogP contribution in [0.4, 0.5) is 5.95 Å². The molecule has 4 aromatic carbocycles. The number of aromatic nitrogens is 2. The second kappa shape index (κ2) is 10.4. The van der Waals surface area contributed by atoms with Gasteiger partial charge in [-0.05, 0) is 47.0 Å². The van der Waals surface area contributed by atoms with Gasteiger partial charge in [0.05, 0.1) is 17.2 Å². The molecule has 5 rings (SSSR count). The lowest BCUT2D eigenvalue weighted by Gasteiger charge is -2.14. The third-order valence-electron chi connectivity index (χ3n) is 5.22. The Balaban J connectivity index is 1.31. The van der Waals surface area contributed by atoms with Gasteiger partial charge in [0.15, 0.2) is 11.5 Å². The summed E-state index contributed by atoms with van der Waals surface area (Å²) >= 11 is 0. The summed E-state index contributed by atoms with van der Waals surface area (Å²) in [6.07, 6.45) is 1.73. The van der Waals surface area contributed by atoms with Gasteiger partial charge in [0.2, 0.25) is 5.95 Å². The van der Waals surface area contributed by atoms with Gasteiger partial charge in [-0.2, -0.15) is 5.10 Å². The molecule has 0 unspecified atom stereocenters. The van der Waals surface area contributed by atoms with Gasteiger partial charge in [-0.3, -0.25) is 0 Å². The molecular weight excluding hydrogens is 424 g/mol. The first kappa shape index (κ1) is 21.3. The maximum absolute atomic E-state index is 6.13. The predicted octanol–water partition coefficient (Wildman–Crippen LogP) is 6.17. The van der Waals surface area contributed by atoms with Crippen molar-refractivity contribution in [2.75, 3.05) is 5.43 Å². The highest BCUT2D eigenvalue weighted by Gasteiger charge is 2.08. The standard InChI is InChI=1S/C28H24N4O2/c1-3-9-21(10-4-1)19-33-26-16-15-23(17-27(26)34-20-22-11-5-2-6-12-22)18-29-32-28-30-24-13-7-8-14-25(24)31-28/h1-18H,19-20H2,(H2,30,31,32)/b29-18+. The molecule has 0 bridgehead atoms. The summed E-state index contributed by atoms with van der Waals surface area (Å²) in [5.41, 5.74) is 7.85. The van der Waals surface area contributed by atoms with E-state index in [9.17, 15) is 0 Å². The second-order valence-electron chi connectivity index (χ2n) is 7.73. The van der Waals surface area contributed by atoms with Crippen molar-refractivity contribution in [3.05, 3.63) is 120 Å². The molecule has 2 N–H and O–H groups in total. The number of nitrogens with zero attached hydrogens (tertiary/aromatic N) is 2. The quantitative estimate of drug-likeness (QED) is 0.209. The Morgan fingerprint density at radius 1 is 0.735 bits per heavy atom. The van der Waals surface area contributed by atoms with E-state index in [2.05, 4.69) is 20.5 Å². The van der Waals surface area contributed by atoms with Crippen molar-refractivity contribution in [2.45, 2.75) is 13.2 Å². The summed E-state index contributed by atoms with van der Waals surface area (Å²) in [4.78, 5) is 7.66. The summed E-state index contributed by atoms with van der Waals surface area (Å²) in [6.45, 7) is 0.907. The van der Waals surface area contributed by atoms with Crippen LogP contribution in [-0.2, 0) is 13.2 Å². The summed E-state index contributed by atoms with van der Waals surface area (Å²) in [6, 6.07) is 33.7. The summed E-state index contributed by atoms with van der Waals surface area (Å²) < 4.78 is 12.2. The lowest BCUT2D eigenvalue weighted by molar-refractivity contribution is 0.256. The van der Waals surface area contributed by atoms with E-state index in [1.807, 2.05) is 103 Å². The Morgan fingerprint density at radius 3 is 2.09 bits per heavy atom. The van der Waals surface area contributed by atoms with Gasteiger partial charge in [0.1, 0.15) is 13.2 Å². The van der Waals surface area contributed by atoms with E-state index < -0.39 is 0 Å². The van der Waals surface area contributed by atoms with Crippen LogP contribution in [0.2, 0.25) is 0 Å². The average Bonchev–Trinajstić information content (AvgIpc) is 3.31. The Hall–Kier alpha value is -4.58. The molecule has 0 saturated heterocycles. The van der Waals surface area contributed by atoms with E-state index in [4.69, 9.17) is 9.47 Å². The van der Waals surface area contributed by atoms with Crippen molar-refractivity contribution in [1.29, 1.82) is 0 Å². The Bertz CT molecular complexity index is 1350. The van der Waals surface area contributed by atoms with E-state index in [0.29, 0.717) is 30.7 Å². The van der Waals surface area contributed by atoms with Crippen LogP contribution in [0.25, 0.3) is 11.0 Å². The molecule has 0 fully saturated rings. The largest absolute Gasteiger partial charge is 0.485 e. The van der Waals surface area contributed by atoms with Crippen molar-refractivity contribution in [2.24, 2.45) is 5.10 Å². The molecule has 168 valence electrons. The second-order valence-corrected chi connectivity index (χ2v) is 7.73. The van der Waals surface area contributed by atoms with Crippen molar-refractivity contribution >= 4 is 23.2 Å². The van der Waals surface area contributed by atoms with Gasteiger partial charge in [-0.25, -0.2) is 10.4 Å². The maximum Gasteiger partial charge on any atom is 0.222 e. The van der Waals surface area contributed by atoms with Crippen molar-refractivity contribution < 1.29 is 9.47 Å². The van der Waals surface area contributed by atoms with Crippen LogP contribution in [0.5, 0.6) is 11.5 Å². The van der Waals surface area contributed by atoms with Crippen LogP contribution in [0.15, 0.2) is 108 Å². The molecule has 0 aliphatic heterocycles. The zero-order valence-corrected chi connectivity index (χ0v) is 18.5. The highest BCUT2D eigenvalue weighted by atomic mass is 16.5. The fourth-order valence-electron chi connectivity index (χ4n) is 3.48. The lowest BCUT2D eigenvalue weighted by atomic mass is 10.2. The van der Waals surface area contributed by atoms with Crippen LogP contribution in [0, 0.1) is 0 Å². The first-order valence-corrected chi connectivity index (χ1v) is 11.0. The molecule has 0 saturated carbocycles. The third-order valence-corrected chi connectivity index (χ3v) is 5.22. The minimum Gasteiger partial charge on any atom is -0.485 e. The first-order chi connectivity index (χ1) is 16.8. The molecule has 0 atom stereocenters. The Labute approximate surface area is 197 Å². The predicted molar refractivity (Wildman–Crippen MR) is 135 cm³/mol. The zero-order valence-electron chi connectivity index (χ0n) is 18.5. The average molecular weight is 449 g/mol. The normalized spacial score (nSPS) is 11.1. The Kier molecular flexibility index (Phi) is 6.48. The number of hydrogen-bond acceptors (Lipinski definition) is 5. The number of imidazole rings is 1. The number of fused-ring (bicyclic) bond motifs is 1. The SMILES string of the molecule is C(=N\Nc1nc2ccccc2[nH]1)/c1ccc(OCc2ccccc2)c(OCc2ccccc2)c1. The molecule has 1 aromatic heterocycles. The van der Waals surface area contributed by atoms with E-state index in [1.165, 1.54) is 0 Å². The van der Waals surface area contributed by atoms with Crippen molar-refractivity contribution in [3.8, 4) is 11.5 Å². The summed E-state index contributed by atoms with van der Waals surface area (Å²) in [5, 5.41) is 4.32. The smallest absolute Gasteiger partial charge is 0.222 e. The number of para-hydroxylation sites is 2. The summed E-state index contributed by atoms with van der Waals surface area (Å²) in [7, 11) is 0. The van der Waals surface area contributed by atoms with Gasteiger partial charge in [0.25, 0.3) is 0 Å². The molecule has 6 nitrogen and oxygen atoms in total. The Morgan fingerprint density at radius 2 is 1.38 bits per heavy atom. The fraction of sp³-hybridized carbons (Fsp3) is 0.0714. The number of aromatic amines is 1. The summed E-state index contributed by atoms with van der Waals surface area (Å²) in [5.74, 6) is 1.93. The monoisotopic (exact) mass is 448 g/mol. The minimum absolute atomic E-state index is 0.445. The number of H-pyrrole nitrogens is 1. The minimum atomic E-state index is 0.445. The van der Waals surface area contributed by atoms with E-state index in [-0.39, 0.29) is 0 Å². The van der Waals surface area contributed by atoms with Gasteiger partial charge < -0.3 is 14.5 Å². The van der Waals surface area contributed by atoms with Crippen molar-refractivity contribution in [1.82, 2.24) is 9.97 Å². The molecular formula is C28H24N4O2. The zero-order chi connectivity index (χ0) is 23.0. The van der Waals surface area contributed by atoms with Gasteiger partial charge in [0, 0.05) is 0 Å². The van der Waals surface area contributed by atoms with Gasteiger partial charge in [-0.15, -0.1) is 0 Å². The first-order valence-electron chi connectivity index (χ1n) is 11.0. The topological polar surface area (TPSA) is 71.5 Å². The molecule has 0 radical (unpaired) electrons. The number of hydrogen-bond donors (Lipinski definition) is 2. The number of ether oxygens (including phenoxy) is 2. The van der Waals surface area contributed by atoms with E-state index in [1.54, 1.807) is 6.21 Å². The van der Waals surface area contributed by atoms with Crippen LogP contribution < -0.4 is 14.9 Å². The van der Waals surface area contributed by atoms with E-state index in [0.717, 1.165) is 27.7 Å². The molecule has 0 aliphatic rings. The van der Waals surface area contributed by atoms with Crippen LogP contribution in [-0.4, -0.2) is 16.2 Å². The molecule has 0 amide bonds. The maximum atomic E-state index is 6.13. The number of benzene rings is 4. The third kappa shape index (κ3) is 5.42. The number of nitrogens with one attached hydrogen (secondary N) is 2. The molecule has 0 spiro atoms. The lowest BCUT2D eigenvalue weighted by Crippen LogP contribution is -2.01. The number of hydrazone groups is 1. The number of anilines is 1. The molecule has 6 heteroatoms. The number of rotatable bonds is 9. The fourth-order valence-corrected chi connectivity index (χ4v) is 3.48. The van der Waals surface area contributed by atoms with Crippen molar-refractivity contribution in [3.63, 3.8) is 0 Å². The highest BCUT2D eigenvalue weighted by Crippen LogP contribution is 2.30. The van der Waals surface area contributed by atoms with E-state index >= 15 is 0 Å². The molecule has 5 aromatic rings. The molecule has 34 heavy (non-hydrogen) atoms. The highest BCUT2D eigenvalue weighted by molar-refractivity contribution is 5.82. The molecule has 1 heterocycles. The van der Waals surface area contributed by atoms with Gasteiger partial charge in [-0.1, -0.05) is 72.8 Å². The van der Waals surface area contributed by atoms with Crippen LogP contribution in [0.3, 0.4) is 0 Å². The van der Waals surface area contributed by atoms with Crippen LogP contribution in [0.1, 0.15) is 16.7 Å².